The molecule has 14 heteroatoms. The highest BCUT2D eigenvalue weighted by atomic mass is 35.5. The van der Waals surface area contributed by atoms with Gasteiger partial charge in [0.15, 0.2) is 5.82 Å². The predicted molar refractivity (Wildman–Crippen MR) is 193 cm³/mol. The van der Waals surface area contributed by atoms with Crippen LogP contribution in [0.3, 0.4) is 0 Å². The van der Waals surface area contributed by atoms with Gasteiger partial charge in [-0.15, -0.1) is 12.4 Å². The molecule has 5 N–H and O–H groups in total. The van der Waals surface area contributed by atoms with Crippen LogP contribution in [0.4, 0.5) is 5.69 Å². The van der Waals surface area contributed by atoms with E-state index in [2.05, 4.69) is 25.3 Å². The molecule has 266 valence electrons. The number of aryl methyl sites for hydroxylation is 1. The third kappa shape index (κ3) is 8.52. The summed E-state index contributed by atoms with van der Waals surface area (Å²) in [5, 5.41) is 9.64. The number of nitrogens with zero attached hydrogens (tertiary/aromatic N) is 2. The van der Waals surface area contributed by atoms with Gasteiger partial charge < -0.3 is 16.4 Å². The van der Waals surface area contributed by atoms with Gasteiger partial charge in [-0.1, -0.05) is 35.5 Å². The summed E-state index contributed by atoms with van der Waals surface area (Å²) in [6.07, 6.45) is 5.13. The third-order valence-corrected chi connectivity index (χ3v) is 11.5. The van der Waals surface area contributed by atoms with Crippen molar-refractivity contribution >= 4 is 39.9 Å². The zero-order valence-electron chi connectivity index (χ0n) is 27.9. The summed E-state index contributed by atoms with van der Waals surface area (Å²) in [6.45, 7) is 3.60. The quantitative estimate of drug-likeness (QED) is 0.173. The maximum atomic E-state index is 13.8. The van der Waals surface area contributed by atoms with Crippen molar-refractivity contribution in [3.8, 4) is 22.5 Å². The van der Waals surface area contributed by atoms with E-state index in [0.29, 0.717) is 36.8 Å². The SMILES string of the molecule is Cc1ccc(S(=O)(=O)N2CCCC2)cc1-c1cccc(C[C@H](NC(=O)C2CCC(CN)CC2)C(=O)Nc2ccc(-c3noc(=O)[nH]3)cc2)c1.Cl. The van der Waals surface area contributed by atoms with Crippen LogP contribution < -0.4 is 22.1 Å². The van der Waals surface area contributed by atoms with Gasteiger partial charge in [0.05, 0.1) is 4.90 Å². The molecule has 4 aromatic rings. The fourth-order valence-corrected chi connectivity index (χ4v) is 8.25. The molecule has 2 heterocycles. The summed E-state index contributed by atoms with van der Waals surface area (Å²) < 4.78 is 32.8. The first-order valence-electron chi connectivity index (χ1n) is 16.8. The standard InChI is InChI=1S/C36H42N6O6S.ClH/c1-23-7-16-30(49(46,47)42-17-2-3-18-42)21-31(23)28-6-4-5-25(19-28)20-32(39-34(43)27-10-8-24(22-37)9-11-27)35(44)38-29-14-12-26(13-15-29)33-40-36(45)48-41-33;/h4-7,12-16,19,21,24,27,32H,2-3,8-11,17-18,20,22,37H2,1H3,(H,38,44)(H,39,43)(H,40,41,45);1H/t24?,27?,32-;/m0./s1. The molecule has 2 fully saturated rings. The fourth-order valence-electron chi connectivity index (χ4n) is 6.71. The molecule has 50 heavy (non-hydrogen) atoms. The Balaban J connectivity index is 0.00000486. The first-order chi connectivity index (χ1) is 23.6. The molecular weight excluding hydrogens is 680 g/mol. The lowest BCUT2D eigenvalue weighted by Gasteiger charge is -2.28. The Labute approximate surface area is 297 Å². The monoisotopic (exact) mass is 722 g/mol. The number of sulfonamides is 1. The van der Waals surface area contributed by atoms with E-state index in [0.717, 1.165) is 60.8 Å². The molecule has 0 unspecified atom stereocenters. The molecule has 0 bridgehead atoms. The van der Waals surface area contributed by atoms with E-state index in [-0.39, 0.29) is 47.3 Å². The van der Waals surface area contributed by atoms with Gasteiger partial charge in [0, 0.05) is 36.7 Å². The van der Waals surface area contributed by atoms with Gasteiger partial charge in [0.1, 0.15) is 6.04 Å². The minimum absolute atomic E-state index is 0. The number of halogens is 1. The molecule has 1 aliphatic heterocycles. The summed E-state index contributed by atoms with van der Waals surface area (Å²) in [7, 11) is -3.60. The van der Waals surface area contributed by atoms with Crippen molar-refractivity contribution in [2.75, 3.05) is 25.0 Å². The Morgan fingerprint density at radius 1 is 1.00 bits per heavy atom. The first-order valence-corrected chi connectivity index (χ1v) is 18.2. The summed E-state index contributed by atoms with van der Waals surface area (Å²) in [5.41, 5.74) is 10.3. The van der Waals surface area contributed by atoms with E-state index >= 15 is 0 Å². The summed E-state index contributed by atoms with van der Waals surface area (Å²) >= 11 is 0. The van der Waals surface area contributed by atoms with Crippen molar-refractivity contribution in [2.45, 2.75) is 62.8 Å². The van der Waals surface area contributed by atoms with Crippen LogP contribution in [0.1, 0.15) is 49.7 Å². The lowest BCUT2D eigenvalue weighted by atomic mass is 9.81. The molecule has 2 amide bonds. The molecule has 0 spiro atoms. The fraction of sp³-hybridized carbons (Fsp3) is 0.389. The molecule has 12 nitrogen and oxygen atoms in total. The molecule has 6 rings (SSSR count). The number of aromatic nitrogens is 2. The zero-order chi connectivity index (χ0) is 34.5. The Bertz CT molecular complexity index is 1960. The molecule has 3 aromatic carbocycles. The van der Waals surface area contributed by atoms with Gasteiger partial charge >= 0.3 is 5.76 Å². The van der Waals surface area contributed by atoms with Crippen LogP contribution >= 0.6 is 12.4 Å². The first kappa shape index (κ1) is 37.0. The largest absolute Gasteiger partial charge is 0.439 e. The second kappa shape index (κ2) is 16.2. The number of nitrogens with one attached hydrogen (secondary N) is 3. The normalized spacial score (nSPS) is 18.6. The number of benzene rings is 3. The highest BCUT2D eigenvalue weighted by molar-refractivity contribution is 7.89. The molecule has 1 aliphatic carbocycles. The molecule has 2 aliphatic rings. The molecule has 1 saturated carbocycles. The van der Waals surface area contributed by atoms with Crippen molar-refractivity contribution in [2.24, 2.45) is 17.6 Å². The van der Waals surface area contributed by atoms with Gasteiger partial charge in [-0.25, -0.2) is 13.2 Å². The molecular formula is C36H43ClN6O6S. The zero-order valence-corrected chi connectivity index (χ0v) is 29.5. The number of rotatable bonds is 11. The molecule has 1 aromatic heterocycles. The number of amides is 2. The maximum Gasteiger partial charge on any atom is 0.439 e. The van der Waals surface area contributed by atoms with Crippen LogP contribution in [0.15, 0.2) is 80.9 Å². The Kier molecular flexibility index (Phi) is 11.9. The van der Waals surface area contributed by atoms with Gasteiger partial charge in [-0.2, -0.15) is 4.31 Å². The number of carbonyl (C=O) groups is 2. The summed E-state index contributed by atoms with van der Waals surface area (Å²) in [6, 6.07) is 18.7. The Morgan fingerprint density at radius 2 is 1.72 bits per heavy atom. The molecule has 0 radical (unpaired) electrons. The lowest BCUT2D eigenvalue weighted by molar-refractivity contribution is -0.130. The number of anilines is 1. The highest BCUT2D eigenvalue weighted by Gasteiger charge is 2.30. The summed E-state index contributed by atoms with van der Waals surface area (Å²) in [4.78, 5) is 41.4. The number of H-pyrrole nitrogens is 1. The van der Waals surface area contributed by atoms with E-state index < -0.39 is 21.8 Å². The number of nitrogens with two attached hydrogens (primary N) is 1. The van der Waals surface area contributed by atoms with E-state index in [1.54, 1.807) is 36.4 Å². The van der Waals surface area contributed by atoms with Gasteiger partial charge in [0.25, 0.3) is 0 Å². The second-order valence-corrected chi connectivity index (χ2v) is 15.0. The smallest absolute Gasteiger partial charge is 0.344 e. The minimum Gasteiger partial charge on any atom is -0.344 e. The highest BCUT2D eigenvalue weighted by Crippen LogP contribution is 2.31. The molecule has 1 atom stereocenters. The van der Waals surface area contributed by atoms with Gasteiger partial charge in [0.2, 0.25) is 21.8 Å². The van der Waals surface area contributed by atoms with Crippen LogP contribution in [0, 0.1) is 18.8 Å². The van der Waals surface area contributed by atoms with Crippen molar-refractivity contribution in [1.82, 2.24) is 19.8 Å². The van der Waals surface area contributed by atoms with Crippen LogP contribution in [0.5, 0.6) is 0 Å². The van der Waals surface area contributed by atoms with Gasteiger partial charge in [-0.3, -0.25) is 19.1 Å². The predicted octanol–water partition coefficient (Wildman–Crippen LogP) is 4.64. The van der Waals surface area contributed by atoms with E-state index in [4.69, 9.17) is 5.73 Å². The minimum atomic E-state index is -3.60. The van der Waals surface area contributed by atoms with E-state index in [1.165, 1.54) is 4.31 Å². The second-order valence-electron chi connectivity index (χ2n) is 13.0. The van der Waals surface area contributed by atoms with Crippen molar-refractivity contribution in [1.29, 1.82) is 0 Å². The average Bonchev–Trinajstić information content (AvgIpc) is 3.82. The topological polar surface area (TPSA) is 180 Å². The maximum absolute atomic E-state index is 13.8. The number of hydrogen-bond donors (Lipinski definition) is 4. The van der Waals surface area contributed by atoms with Crippen LogP contribution in [0.25, 0.3) is 22.5 Å². The van der Waals surface area contributed by atoms with E-state index in [1.807, 2.05) is 37.3 Å². The third-order valence-electron chi connectivity index (χ3n) is 9.64. The molecule has 1 saturated heterocycles. The number of aromatic amines is 1. The van der Waals surface area contributed by atoms with Crippen molar-refractivity contribution in [3.63, 3.8) is 0 Å². The summed E-state index contributed by atoms with van der Waals surface area (Å²) in [5.74, 6) is -0.722. The van der Waals surface area contributed by atoms with Crippen molar-refractivity contribution < 1.29 is 22.5 Å². The van der Waals surface area contributed by atoms with Crippen LogP contribution in [0.2, 0.25) is 0 Å². The Hall–Kier alpha value is -4.30. The van der Waals surface area contributed by atoms with Gasteiger partial charge in [-0.05, 0) is 117 Å². The lowest BCUT2D eigenvalue weighted by Crippen LogP contribution is -2.48. The van der Waals surface area contributed by atoms with Crippen LogP contribution in [-0.2, 0) is 26.0 Å². The van der Waals surface area contributed by atoms with Crippen LogP contribution in [-0.4, -0.2) is 60.4 Å². The van der Waals surface area contributed by atoms with Crippen molar-refractivity contribution in [3.05, 3.63) is 88.4 Å². The number of hydrogen-bond acceptors (Lipinski definition) is 8. The number of carbonyl (C=O) groups excluding carboxylic acids is 2. The average molecular weight is 723 g/mol. The Morgan fingerprint density at radius 3 is 2.38 bits per heavy atom. The van der Waals surface area contributed by atoms with E-state index in [9.17, 15) is 22.8 Å².